The SMILES string of the molecule is CC(C)Cc1ccc(C(C)C(=O)NCCCC(=O)Nc2ccccc2N)cc1. The second kappa shape index (κ2) is 10.5. The van der Waals surface area contributed by atoms with Crippen LogP contribution in [0.4, 0.5) is 11.4 Å². The second-order valence-electron chi connectivity index (χ2n) is 7.59. The highest BCUT2D eigenvalue weighted by Crippen LogP contribution is 2.18. The lowest BCUT2D eigenvalue weighted by atomic mass is 9.96. The summed E-state index contributed by atoms with van der Waals surface area (Å²) in [7, 11) is 0. The molecule has 5 heteroatoms. The highest BCUT2D eigenvalue weighted by atomic mass is 16.2. The summed E-state index contributed by atoms with van der Waals surface area (Å²) < 4.78 is 0. The van der Waals surface area contributed by atoms with Crippen molar-refractivity contribution in [3.05, 3.63) is 59.7 Å². The molecule has 0 aliphatic carbocycles. The first kappa shape index (κ1) is 21.5. The zero-order valence-electron chi connectivity index (χ0n) is 17.0. The summed E-state index contributed by atoms with van der Waals surface area (Å²) in [5, 5.41) is 5.70. The fourth-order valence-corrected chi connectivity index (χ4v) is 3.00. The van der Waals surface area contributed by atoms with E-state index in [2.05, 4.69) is 36.6 Å². The number of carbonyl (C=O) groups excluding carboxylic acids is 2. The molecule has 0 bridgehead atoms. The Morgan fingerprint density at radius 3 is 2.32 bits per heavy atom. The van der Waals surface area contributed by atoms with Crippen LogP contribution in [-0.2, 0) is 16.0 Å². The molecular weight excluding hydrogens is 350 g/mol. The highest BCUT2D eigenvalue weighted by molar-refractivity contribution is 5.93. The zero-order valence-corrected chi connectivity index (χ0v) is 17.0. The molecule has 0 fully saturated rings. The van der Waals surface area contributed by atoms with Crippen molar-refractivity contribution in [3.8, 4) is 0 Å². The first-order valence-electron chi connectivity index (χ1n) is 9.87. The van der Waals surface area contributed by atoms with Crippen molar-refractivity contribution >= 4 is 23.2 Å². The molecule has 2 rings (SSSR count). The Morgan fingerprint density at radius 2 is 1.68 bits per heavy atom. The van der Waals surface area contributed by atoms with Gasteiger partial charge in [0.15, 0.2) is 0 Å². The molecule has 0 aromatic heterocycles. The standard InChI is InChI=1S/C23H31N3O2/c1-16(2)15-18-10-12-19(13-11-18)17(3)23(28)25-14-6-9-22(27)26-21-8-5-4-7-20(21)24/h4-5,7-8,10-13,16-17H,6,9,14-15,24H2,1-3H3,(H,25,28)(H,26,27). The number of nitrogens with one attached hydrogen (secondary N) is 2. The molecule has 2 aromatic rings. The Kier molecular flexibility index (Phi) is 8.05. The minimum Gasteiger partial charge on any atom is -0.397 e. The van der Waals surface area contributed by atoms with Crippen LogP contribution >= 0.6 is 0 Å². The predicted octanol–water partition coefficient (Wildman–Crippen LogP) is 4.11. The van der Waals surface area contributed by atoms with E-state index in [0.717, 1.165) is 12.0 Å². The maximum absolute atomic E-state index is 12.4. The third-order valence-electron chi connectivity index (χ3n) is 4.63. The minimum atomic E-state index is -0.217. The Bertz CT molecular complexity index is 785. The van der Waals surface area contributed by atoms with Gasteiger partial charge in [0.25, 0.3) is 0 Å². The van der Waals surface area contributed by atoms with Crippen LogP contribution in [0.5, 0.6) is 0 Å². The van der Waals surface area contributed by atoms with Crippen molar-refractivity contribution in [1.82, 2.24) is 5.32 Å². The molecule has 150 valence electrons. The molecule has 0 saturated carbocycles. The Hall–Kier alpha value is -2.82. The van der Waals surface area contributed by atoms with Crippen molar-refractivity contribution in [2.45, 2.75) is 46.0 Å². The van der Waals surface area contributed by atoms with Crippen LogP contribution in [0.15, 0.2) is 48.5 Å². The van der Waals surface area contributed by atoms with E-state index in [1.807, 2.05) is 31.2 Å². The lowest BCUT2D eigenvalue weighted by Crippen LogP contribution is -2.29. The Labute approximate surface area is 167 Å². The lowest BCUT2D eigenvalue weighted by molar-refractivity contribution is -0.122. The number of anilines is 2. The third-order valence-corrected chi connectivity index (χ3v) is 4.63. The largest absolute Gasteiger partial charge is 0.397 e. The predicted molar refractivity (Wildman–Crippen MR) is 115 cm³/mol. The molecule has 0 aliphatic heterocycles. The van der Waals surface area contributed by atoms with E-state index < -0.39 is 0 Å². The van der Waals surface area contributed by atoms with Crippen LogP contribution in [0.2, 0.25) is 0 Å². The van der Waals surface area contributed by atoms with Crippen molar-refractivity contribution in [2.24, 2.45) is 5.92 Å². The molecule has 0 radical (unpaired) electrons. The van der Waals surface area contributed by atoms with Crippen molar-refractivity contribution in [1.29, 1.82) is 0 Å². The quantitative estimate of drug-likeness (QED) is 0.451. The van der Waals surface area contributed by atoms with E-state index in [9.17, 15) is 9.59 Å². The van der Waals surface area contributed by atoms with E-state index in [1.54, 1.807) is 12.1 Å². The van der Waals surface area contributed by atoms with E-state index in [0.29, 0.717) is 36.7 Å². The molecule has 28 heavy (non-hydrogen) atoms. The summed E-state index contributed by atoms with van der Waals surface area (Å²) in [6, 6.07) is 15.4. The normalized spacial score (nSPS) is 11.9. The van der Waals surface area contributed by atoms with Crippen LogP contribution in [0.25, 0.3) is 0 Å². The molecule has 2 aromatic carbocycles. The number of benzene rings is 2. The lowest BCUT2D eigenvalue weighted by Gasteiger charge is -2.14. The van der Waals surface area contributed by atoms with Gasteiger partial charge in [0, 0.05) is 13.0 Å². The zero-order chi connectivity index (χ0) is 20.5. The first-order valence-corrected chi connectivity index (χ1v) is 9.87. The molecule has 0 spiro atoms. The average molecular weight is 382 g/mol. The number of hydrogen-bond donors (Lipinski definition) is 3. The van der Waals surface area contributed by atoms with E-state index >= 15 is 0 Å². The van der Waals surface area contributed by atoms with Crippen LogP contribution in [-0.4, -0.2) is 18.4 Å². The number of hydrogen-bond acceptors (Lipinski definition) is 3. The molecule has 0 heterocycles. The van der Waals surface area contributed by atoms with Crippen LogP contribution in [0.1, 0.15) is 50.7 Å². The van der Waals surface area contributed by atoms with Crippen LogP contribution < -0.4 is 16.4 Å². The number of nitrogens with two attached hydrogens (primary N) is 1. The molecule has 1 unspecified atom stereocenters. The summed E-state index contributed by atoms with van der Waals surface area (Å²) in [6.07, 6.45) is 1.94. The second-order valence-corrected chi connectivity index (χ2v) is 7.59. The van der Waals surface area contributed by atoms with E-state index in [1.165, 1.54) is 5.56 Å². The van der Waals surface area contributed by atoms with Gasteiger partial charge >= 0.3 is 0 Å². The fourth-order valence-electron chi connectivity index (χ4n) is 3.00. The highest BCUT2D eigenvalue weighted by Gasteiger charge is 2.15. The fraction of sp³-hybridized carbons (Fsp3) is 0.391. The van der Waals surface area contributed by atoms with Gasteiger partial charge in [0.1, 0.15) is 0 Å². The maximum Gasteiger partial charge on any atom is 0.227 e. The van der Waals surface area contributed by atoms with Gasteiger partial charge in [-0.2, -0.15) is 0 Å². The summed E-state index contributed by atoms with van der Waals surface area (Å²) in [5.74, 6) is 0.262. The van der Waals surface area contributed by atoms with E-state index in [-0.39, 0.29) is 17.7 Å². The summed E-state index contributed by atoms with van der Waals surface area (Å²) >= 11 is 0. The summed E-state index contributed by atoms with van der Waals surface area (Å²) in [4.78, 5) is 24.4. The number of carbonyl (C=O) groups is 2. The molecule has 2 amide bonds. The van der Waals surface area contributed by atoms with Gasteiger partial charge in [-0.05, 0) is 48.9 Å². The van der Waals surface area contributed by atoms with Gasteiger partial charge in [-0.1, -0.05) is 50.2 Å². The first-order chi connectivity index (χ1) is 13.4. The molecule has 1 atom stereocenters. The number of amides is 2. The number of para-hydroxylation sites is 2. The van der Waals surface area contributed by atoms with Crippen molar-refractivity contribution in [3.63, 3.8) is 0 Å². The average Bonchev–Trinajstić information content (AvgIpc) is 2.66. The molecule has 4 N–H and O–H groups in total. The van der Waals surface area contributed by atoms with Gasteiger partial charge in [-0.25, -0.2) is 0 Å². The van der Waals surface area contributed by atoms with E-state index in [4.69, 9.17) is 5.73 Å². The third kappa shape index (κ3) is 6.72. The van der Waals surface area contributed by atoms with Gasteiger partial charge in [0.2, 0.25) is 11.8 Å². The maximum atomic E-state index is 12.4. The van der Waals surface area contributed by atoms with Gasteiger partial charge in [-0.3, -0.25) is 9.59 Å². The van der Waals surface area contributed by atoms with Gasteiger partial charge in [-0.15, -0.1) is 0 Å². The minimum absolute atomic E-state index is 0.0238. The Balaban J connectivity index is 1.72. The van der Waals surface area contributed by atoms with Crippen LogP contribution in [0.3, 0.4) is 0 Å². The molecule has 0 saturated heterocycles. The topological polar surface area (TPSA) is 84.2 Å². The molecule has 5 nitrogen and oxygen atoms in total. The number of nitrogen functional groups attached to an aromatic ring is 1. The van der Waals surface area contributed by atoms with Crippen molar-refractivity contribution in [2.75, 3.05) is 17.6 Å². The summed E-state index contributed by atoms with van der Waals surface area (Å²) in [5.41, 5.74) is 9.26. The molecule has 0 aliphatic rings. The summed E-state index contributed by atoms with van der Waals surface area (Å²) in [6.45, 7) is 6.75. The van der Waals surface area contributed by atoms with Crippen molar-refractivity contribution < 1.29 is 9.59 Å². The Morgan fingerprint density at radius 1 is 1.00 bits per heavy atom. The van der Waals surface area contributed by atoms with Gasteiger partial charge < -0.3 is 16.4 Å². The van der Waals surface area contributed by atoms with Gasteiger partial charge in [0.05, 0.1) is 17.3 Å². The number of rotatable bonds is 9. The monoisotopic (exact) mass is 381 g/mol. The smallest absolute Gasteiger partial charge is 0.227 e. The van der Waals surface area contributed by atoms with Crippen LogP contribution in [0, 0.1) is 5.92 Å². The molecular formula is C23H31N3O2.